The molecule has 0 bridgehead atoms. The third-order valence-corrected chi connectivity index (χ3v) is 3.92. The van der Waals surface area contributed by atoms with Crippen molar-refractivity contribution in [2.24, 2.45) is 0 Å². The van der Waals surface area contributed by atoms with E-state index in [4.69, 9.17) is 10.0 Å². The Labute approximate surface area is 115 Å². The van der Waals surface area contributed by atoms with E-state index in [1.54, 1.807) is 0 Å². The third kappa shape index (κ3) is 3.35. The highest BCUT2D eigenvalue weighted by molar-refractivity contribution is 7.92. The van der Waals surface area contributed by atoms with Crippen molar-refractivity contribution in [3.8, 4) is 0 Å². The molecule has 0 fully saturated rings. The highest BCUT2D eigenvalue weighted by atomic mass is 32.2. The van der Waals surface area contributed by atoms with E-state index < -0.39 is 23.0 Å². The van der Waals surface area contributed by atoms with Crippen LogP contribution in [0.5, 0.6) is 0 Å². The van der Waals surface area contributed by atoms with Crippen molar-refractivity contribution < 1.29 is 22.9 Å². The fourth-order valence-corrected chi connectivity index (χ4v) is 2.71. The van der Waals surface area contributed by atoms with Gasteiger partial charge in [0.1, 0.15) is 5.82 Å². The lowest BCUT2D eigenvalue weighted by Crippen LogP contribution is -2.30. The Hall–Kier alpha value is -1.90. The van der Waals surface area contributed by atoms with Gasteiger partial charge in [-0.3, -0.25) is 4.72 Å². The molecular formula is C12H11BFNO4S. The molecule has 0 amide bonds. The summed E-state index contributed by atoms with van der Waals surface area (Å²) in [7, 11) is -5.69. The van der Waals surface area contributed by atoms with Crippen LogP contribution in [-0.4, -0.2) is 25.6 Å². The van der Waals surface area contributed by atoms with Gasteiger partial charge in [0.25, 0.3) is 10.0 Å². The second-order valence-corrected chi connectivity index (χ2v) is 5.74. The van der Waals surface area contributed by atoms with E-state index in [9.17, 15) is 12.8 Å². The molecule has 2 aromatic rings. The average molecular weight is 295 g/mol. The molecular weight excluding hydrogens is 284 g/mol. The second-order valence-electron chi connectivity index (χ2n) is 4.06. The largest absolute Gasteiger partial charge is 0.488 e. The lowest BCUT2D eigenvalue weighted by molar-refractivity contribution is 0.425. The van der Waals surface area contributed by atoms with Crippen molar-refractivity contribution in [1.82, 2.24) is 0 Å². The zero-order valence-electron chi connectivity index (χ0n) is 10.2. The Morgan fingerprint density at radius 2 is 1.75 bits per heavy atom. The van der Waals surface area contributed by atoms with E-state index in [0.29, 0.717) is 0 Å². The molecule has 2 aromatic carbocycles. The minimum atomic E-state index is -3.92. The Kier molecular flexibility index (Phi) is 4.08. The van der Waals surface area contributed by atoms with Crippen LogP contribution in [0.3, 0.4) is 0 Å². The Bertz CT molecular complexity index is 721. The van der Waals surface area contributed by atoms with Crippen LogP contribution < -0.4 is 10.2 Å². The van der Waals surface area contributed by atoms with Gasteiger partial charge >= 0.3 is 7.12 Å². The molecule has 0 unspecified atom stereocenters. The molecule has 104 valence electrons. The van der Waals surface area contributed by atoms with Crippen LogP contribution in [0.1, 0.15) is 0 Å². The maximum atomic E-state index is 13.0. The van der Waals surface area contributed by atoms with Crippen molar-refractivity contribution in [1.29, 1.82) is 0 Å². The summed E-state index contributed by atoms with van der Waals surface area (Å²) in [4.78, 5) is -0.146. The number of sulfonamides is 1. The van der Waals surface area contributed by atoms with E-state index in [2.05, 4.69) is 4.72 Å². The van der Waals surface area contributed by atoms with Gasteiger partial charge in [0.15, 0.2) is 0 Å². The van der Waals surface area contributed by atoms with E-state index >= 15 is 0 Å². The van der Waals surface area contributed by atoms with E-state index in [1.807, 2.05) is 0 Å². The number of benzene rings is 2. The molecule has 0 aliphatic carbocycles. The van der Waals surface area contributed by atoms with Crippen LogP contribution in [0.25, 0.3) is 0 Å². The predicted molar refractivity (Wildman–Crippen MR) is 73.5 cm³/mol. The third-order valence-electron chi connectivity index (χ3n) is 2.54. The summed E-state index contributed by atoms with van der Waals surface area (Å²) >= 11 is 0. The topological polar surface area (TPSA) is 86.6 Å². The van der Waals surface area contributed by atoms with Gasteiger partial charge in [-0.1, -0.05) is 18.2 Å². The SMILES string of the molecule is O=S(=O)(Nc1cccc(F)c1)c1cccc(B(O)O)c1. The molecule has 2 rings (SSSR count). The number of rotatable bonds is 4. The molecule has 0 radical (unpaired) electrons. The molecule has 5 nitrogen and oxygen atoms in total. The van der Waals surface area contributed by atoms with Gasteiger partial charge in [-0.15, -0.1) is 0 Å². The minimum Gasteiger partial charge on any atom is -0.423 e. The van der Waals surface area contributed by atoms with Crippen molar-refractivity contribution >= 4 is 28.3 Å². The van der Waals surface area contributed by atoms with E-state index in [0.717, 1.165) is 12.1 Å². The molecule has 8 heteroatoms. The molecule has 0 spiro atoms. The minimum absolute atomic E-state index is 0.0483. The quantitative estimate of drug-likeness (QED) is 0.708. The molecule has 0 aliphatic rings. The van der Waals surface area contributed by atoms with Crippen molar-refractivity contribution in [2.75, 3.05) is 4.72 Å². The summed E-state index contributed by atoms with van der Waals surface area (Å²) in [5.41, 5.74) is 0.132. The summed E-state index contributed by atoms with van der Waals surface area (Å²) < 4.78 is 39.4. The Morgan fingerprint density at radius 1 is 1.05 bits per heavy atom. The number of halogens is 1. The first-order chi connectivity index (χ1) is 9.38. The van der Waals surface area contributed by atoms with Crippen molar-refractivity contribution in [2.45, 2.75) is 4.90 Å². The van der Waals surface area contributed by atoms with Gasteiger partial charge in [-0.2, -0.15) is 0 Å². The molecule has 3 N–H and O–H groups in total. The second kappa shape index (κ2) is 5.62. The maximum Gasteiger partial charge on any atom is 0.488 e. The van der Waals surface area contributed by atoms with Gasteiger partial charge in [-0.05, 0) is 35.8 Å². The Balaban J connectivity index is 2.33. The molecule has 0 atom stereocenters. The lowest BCUT2D eigenvalue weighted by Gasteiger charge is -2.09. The molecule has 0 aliphatic heterocycles. The van der Waals surface area contributed by atoms with Gasteiger partial charge in [0.05, 0.1) is 10.6 Å². The summed E-state index contributed by atoms with van der Waals surface area (Å²) in [5, 5.41) is 18.1. The van der Waals surface area contributed by atoms with Crippen LogP contribution in [0, 0.1) is 5.82 Å². The van der Waals surface area contributed by atoms with E-state index in [-0.39, 0.29) is 16.0 Å². The standard InChI is InChI=1S/C12H11BFNO4S/c14-10-4-2-5-11(8-10)15-20(18,19)12-6-1-3-9(7-12)13(16)17/h1-8,15-17H. The highest BCUT2D eigenvalue weighted by Crippen LogP contribution is 2.16. The van der Waals surface area contributed by atoms with Crippen LogP contribution in [-0.2, 0) is 10.0 Å². The molecule has 0 aromatic heterocycles. The number of nitrogens with one attached hydrogen (secondary N) is 1. The average Bonchev–Trinajstić information content (AvgIpc) is 2.38. The zero-order valence-corrected chi connectivity index (χ0v) is 11.0. The summed E-state index contributed by atoms with van der Waals surface area (Å²) in [6.07, 6.45) is 0. The highest BCUT2D eigenvalue weighted by Gasteiger charge is 2.18. The fraction of sp³-hybridized carbons (Fsp3) is 0. The van der Waals surface area contributed by atoms with Crippen molar-refractivity contribution in [3.05, 3.63) is 54.3 Å². The smallest absolute Gasteiger partial charge is 0.423 e. The first-order valence-electron chi connectivity index (χ1n) is 5.63. The zero-order chi connectivity index (χ0) is 14.8. The summed E-state index contributed by atoms with van der Waals surface area (Å²) in [5.74, 6) is -0.565. The first kappa shape index (κ1) is 14.5. The normalized spacial score (nSPS) is 11.2. The molecule has 0 saturated carbocycles. The first-order valence-corrected chi connectivity index (χ1v) is 7.11. The predicted octanol–water partition coefficient (Wildman–Crippen LogP) is 0.306. The summed E-state index contributed by atoms with van der Waals surface area (Å²) in [6.45, 7) is 0. The maximum absolute atomic E-state index is 13.0. The summed E-state index contributed by atoms with van der Waals surface area (Å²) in [6, 6.07) is 10.2. The lowest BCUT2D eigenvalue weighted by atomic mass is 9.81. The monoisotopic (exact) mass is 295 g/mol. The van der Waals surface area contributed by atoms with Gasteiger partial charge in [-0.25, -0.2) is 12.8 Å². The molecule has 20 heavy (non-hydrogen) atoms. The fourth-order valence-electron chi connectivity index (χ4n) is 1.61. The van der Waals surface area contributed by atoms with Crippen LogP contribution >= 0.6 is 0 Å². The Morgan fingerprint density at radius 3 is 2.40 bits per heavy atom. The van der Waals surface area contributed by atoms with Gasteiger partial charge in [0, 0.05) is 0 Å². The van der Waals surface area contributed by atoms with Crippen molar-refractivity contribution in [3.63, 3.8) is 0 Å². The number of hydrogen-bond donors (Lipinski definition) is 3. The van der Waals surface area contributed by atoms with E-state index in [1.165, 1.54) is 36.4 Å². The van der Waals surface area contributed by atoms with Gasteiger partial charge in [0.2, 0.25) is 0 Å². The van der Waals surface area contributed by atoms with Gasteiger partial charge < -0.3 is 10.0 Å². The van der Waals surface area contributed by atoms with Crippen LogP contribution in [0.15, 0.2) is 53.4 Å². The number of hydrogen-bond acceptors (Lipinski definition) is 4. The van der Waals surface area contributed by atoms with Crippen LogP contribution in [0.2, 0.25) is 0 Å². The van der Waals surface area contributed by atoms with Crippen LogP contribution in [0.4, 0.5) is 10.1 Å². The molecule has 0 saturated heterocycles. The number of anilines is 1. The molecule has 0 heterocycles.